The normalized spacial score (nSPS) is 14.3. The summed E-state index contributed by atoms with van der Waals surface area (Å²) in [5.41, 5.74) is -4.91. The maximum Gasteiger partial charge on any atom is 1.00 e. The summed E-state index contributed by atoms with van der Waals surface area (Å²) in [5.74, 6) is -6.55. The van der Waals surface area contributed by atoms with Crippen LogP contribution in [0.3, 0.4) is 0 Å². The van der Waals surface area contributed by atoms with E-state index in [9.17, 15) is 53.2 Å². The van der Waals surface area contributed by atoms with Gasteiger partial charge in [0.2, 0.25) is 0 Å². The predicted molar refractivity (Wildman–Crippen MR) is 92.8 cm³/mol. The first-order valence-corrected chi connectivity index (χ1v) is 10.1. The van der Waals surface area contributed by atoms with Gasteiger partial charge >= 0.3 is 82.5 Å². The van der Waals surface area contributed by atoms with E-state index < -0.39 is 66.8 Å². The second-order valence-electron chi connectivity index (χ2n) is 9.08. The Hall–Kier alpha value is 0.330. The molecule has 0 saturated carbocycles. The summed E-state index contributed by atoms with van der Waals surface area (Å²) >= 11 is 0. The topological polar surface area (TPSA) is 89.5 Å². The van der Waals surface area contributed by atoms with Gasteiger partial charge in [-0.3, -0.25) is 0 Å². The molecule has 0 saturated heterocycles. The molecular weight excluding hydrogens is 526 g/mol. The Balaban J connectivity index is 0. The summed E-state index contributed by atoms with van der Waals surface area (Å²) < 4.78 is 144. The molecule has 1 aromatic carbocycles. The van der Waals surface area contributed by atoms with E-state index in [2.05, 4.69) is 4.74 Å². The molecule has 186 valence electrons. The number of ether oxygens (including phenoxy) is 1. The van der Waals surface area contributed by atoms with Gasteiger partial charge in [-0.05, 0) is 34.1 Å². The standard InChI is InChI=1S/C18H22F8O5S.2Na/c1-13(2,3)10-7-9(8-11(12(10)27)14(4,5)6)15(19,20)16(21,22)31-17(23,24)18(25,26)32(28,29)30;;/h7-8,27H,1-6H3,(H,28,29,30);;/q;2*+1/p-2. The molecule has 0 fully saturated rings. The molecule has 0 atom stereocenters. The third-order valence-corrected chi connectivity index (χ3v) is 5.21. The molecule has 1 rings (SSSR count). The average molecular weight is 546 g/mol. The van der Waals surface area contributed by atoms with E-state index >= 15 is 0 Å². The minimum atomic E-state index is -7.28. The third-order valence-electron chi connectivity index (χ3n) is 4.34. The van der Waals surface area contributed by atoms with Gasteiger partial charge in [-0.25, -0.2) is 13.2 Å². The van der Waals surface area contributed by atoms with Crippen LogP contribution in [0.5, 0.6) is 5.75 Å². The zero-order valence-corrected chi connectivity index (χ0v) is 24.4. The van der Waals surface area contributed by atoms with Crippen LogP contribution in [0.15, 0.2) is 12.1 Å². The minimum absolute atomic E-state index is 0. The van der Waals surface area contributed by atoms with Crippen molar-refractivity contribution in [3.05, 3.63) is 28.8 Å². The van der Waals surface area contributed by atoms with Crippen molar-refractivity contribution in [3.8, 4) is 5.75 Å². The Kier molecular flexibility index (Phi) is 11.4. The minimum Gasteiger partial charge on any atom is -0.872 e. The maximum absolute atomic E-state index is 14.6. The van der Waals surface area contributed by atoms with Crippen molar-refractivity contribution in [2.75, 3.05) is 0 Å². The van der Waals surface area contributed by atoms with E-state index in [0.717, 1.165) is 0 Å². The van der Waals surface area contributed by atoms with Crippen molar-refractivity contribution in [1.82, 2.24) is 0 Å². The molecule has 0 heterocycles. The fourth-order valence-electron chi connectivity index (χ4n) is 2.52. The second kappa shape index (κ2) is 10.6. The summed E-state index contributed by atoms with van der Waals surface area (Å²) in [4.78, 5) is 0. The van der Waals surface area contributed by atoms with Crippen LogP contribution in [0, 0.1) is 0 Å². The number of hydrogen-bond acceptors (Lipinski definition) is 5. The smallest absolute Gasteiger partial charge is 0.872 e. The zero-order valence-electron chi connectivity index (χ0n) is 19.6. The molecule has 0 bridgehead atoms. The van der Waals surface area contributed by atoms with Crippen LogP contribution in [0.2, 0.25) is 0 Å². The van der Waals surface area contributed by atoms with E-state index in [4.69, 9.17) is 0 Å². The Morgan fingerprint density at radius 2 is 1.06 bits per heavy atom. The summed E-state index contributed by atoms with van der Waals surface area (Å²) in [6, 6.07) is 0.602. The molecule has 0 aliphatic rings. The quantitative estimate of drug-likeness (QED) is 0.254. The van der Waals surface area contributed by atoms with Gasteiger partial charge < -0.3 is 9.66 Å². The third kappa shape index (κ3) is 7.00. The van der Waals surface area contributed by atoms with Crippen LogP contribution < -0.4 is 64.2 Å². The molecule has 5 nitrogen and oxygen atoms in total. The average Bonchev–Trinajstić information content (AvgIpc) is 2.49. The molecule has 16 heteroatoms. The Morgan fingerprint density at radius 1 is 0.735 bits per heavy atom. The van der Waals surface area contributed by atoms with Crippen molar-refractivity contribution in [3.63, 3.8) is 0 Å². The summed E-state index contributed by atoms with van der Waals surface area (Å²) in [7, 11) is -7.28. The molecule has 0 radical (unpaired) electrons. The van der Waals surface area contributed by atoms with Gasteiger partial charge in [0.25, 0.3) is 0 Å². The van der Waals surface area contributed by atoms with Gasteiger partial charge in [-0.1, -0.05) is 41.5 Å². The first-order valence-electron chi connectivity index (χ1n) is 8.73. The monoisotopic (exact) mass is 546 g/mol. The van der Waals surface area contributed by atoms with E-state index in [1.165, 1.54) is 41.5 Å². The molecule has 0 N–H and O–H groups in total. The molecule has 0 aliphatic heterocycles. The van der Waals surface area contributed by atoms with Gasteiger partial charge in [0.05, 0.1) is 0 Å². The number of halogens is 8. The van der Waals surface area contributed by atoms with E-state index in [0.29, 0.717) is 12.1 Å². The Bertz CT molecular complexity index is 952. The van der Waals surface area contributed by atoms with Gasteiger partial charge in [0, 0.05) is 5.56 Å². The molecule has 0 aromatic heterocycles. The molecule has 0 amide bonds. The van der Waals surface area contributed by atoms with Crippen molar-refractivity contribution in [2.45, 2.75) is 75.8 Å². The SMILES string of the molecule is CC(C)(C)c1cc(C(F)(F)C(F)(F)OC(F)(F)C(F)(F)S(=O)(=O)[O-])cc(C(C)(C)C)c1[O-].[Na+].[Na+]. The van der Waals surface area contributed by atoms with Crippen LogP contribution >= 0.6 is 0 Å². The first kappa shape index (κ1) is 36.5. The molecule has 0 aliphatic carbocycles. The largest absolute Gasteiger partial charge is 1.00 e. The van der Waals surface area contributed by atoms with E-state index in [1.54, 1.807) is 0 Å². The fourth-order valence-corrected chi connectivity index (χ4v) is 2.86. The maximum atomic E-state index is 14.6. The van der Waals surface area contributed by atoms with Crippen molar-refractivity contribution in [1.29, 1.82) is 0 Å². The molecule has 34 heavy (non-hydrogen) atoms. The van der Waals surface area contributed by atoms with Crippen LogP contribution in [0.1, 0.15) is 58.2 Å². The van der Waals surface area contributed by atoms with Crippen molar-refractivity contribution < 1.29 is 117 Å². The van der Waals surface area contributed by atoms with E-state index in [1.807, 2.05) is 0 Å². The van der Waals surface area contributed by atoms with Crippen LogP contribution in [0.25, 0.3) is 0 Å². The Morgan fingerprint density at radius 3 is 1.32 bits per heavy atom. The Labute approximate surface area is 235 Å². The van der Waals surface area contributed by atoms with Gasteiger partial charge in [-0.2, -0.15) is 35.1 Å². The summed E-state index contributed by atoms with van der Waals surface area (Å²) in [5, 5.41) is 5.89. The number of rotatable bonds is 6. The summed E-state index contributed by atoms with van der Waals surface area (Å²) in [6.07, 6.45) is -13.3. The second-order valence-corrected chi connectivity index (χ2v) is 10.5. The molecule has 0 spiro atoms. The van der Waals surface area contributed by atoms with Gasteiger partial charge in [0.1, 0.15) is 0 Å². The summed E-state index contributed by atoms with van der Waals surface area (Å²) in [6.45, 7) is 8.25. The van der Waals surface area contributed by atoms with Crippen molar-refractivity contribution in [2.24, 2.45) is 0 Å². The molecule has 1 aromatic rings. The van der Waals surface area contributed by atoms with Crippen LogP contribution in [0.4, 0.5) is 35.1 Å². The molecule has 0 unspecified atom stereocenters. The fraction of sp³-hybridized carbons (Fsp3) is 0.667. The first-order chi connectivity index (χ1) is 13.7. The van der Waals surface area contributed by atoms with Crippen LogP contribution in [-0.4, -0.2) is 30.4 Å². The number of benzene rings is 1. The zero-order chi connectivity index (χ0) is 25.9. The molecular formula is C18H20F8Na2O5S. The van der Waals surface area contributed by atoms with Crippen LogP contribution in [-0.2, 0) is 31.6 Å². The van der Waals surface area contributed by atoms with E-state index in [-0.39, 0.29) is 59.1 Å². The van der Waals surface area contributed by atoms with Crippen molar-refractivity contribution >= 4 is 10.1 Å². The number of hydrogen-bond donors (Lipinski definition) is 0. The number of alkyl halides is 8. The van der Waals surface area contributed by atoms with Gasteiger partial charge in [-0.15, -0.1) is 5.75 Å². The van der Waals surface area contributed by atoms with Gasteiger partial charge in [0.15, 0.2) is 10.1 Å². The predicted octanol–water partition coefficient (Wildman–Crippen LogP) is -1.20.